The number of rotatable bonds is 6. The van der Waals surface area contributed by atoms with Gasteiger partial charge in [0.05, 0.1) is 16.5 Å². The Labute approximate surface area is 185 Å². The lowest BCUT2D eigenvalue weighted by Crippen LogP contribution is -2.55. The lowest BCUT2D eigenvalue weighted by molar-refractivity contribution is 0.184. The van der Waals surface area contributed by atoms with Crippen LogP contribution in [0.5, 0.6) is 0 Å². The van der Waals surface area contributed by atoms with Crippen LogP contribution < -0.4 is 10.2 Å². The Kier molecular flexibility index (Phi) is 7.66. The van der Waals surface area contributed by atoms with Gasteiger partial charge in [-0.1, -0.05) is 25.4 Å². The summed E-state index contributed by atoms with van der Waals surface area (Å²) in [5, 5.41) is 4.09. The predicted molar refractivity (Wildman–Crippen MR) is 121 cm³/mol. The molecule has 1 aliphatic rings. The van der Waals surface area contributed by atoms with Gasteiger partial charge >= 0.3 is 6.03 Å². The van der Waals surface area contributed by atoms with E-state index in [-0.39, 0.29) is 17.9 Å². The average Bonchev–Trinajstić information content (AvgIpc) is 3.13. The van der Waals surface area contributed by atoms with Crippen molar-refractivity contribution in [2.24, 2.45) is 0 Å². The first kappa shape index (κ1) is 22.5. The third-order valence-electron chi connectivity index (χ3n) is 5.10. The van der Waals surface area contributed by atoms with E-state index in [1.165, 1.54) is 11.3 Å². The summed E-state index contributed by atoms with van der Waals surface area (Å²) >= 11 is 7.68. The summed E-state index contributed by atoms with van der Waals surface area (Å²) in [5.41, 5.74) is 0.901. The van der Waals surface area contributed by atoms with Crippen molar-refractivity contribution in [3.63, 3.8) is 0 Å². The van der Waals surface area contributed by atoms with Crippen molar-refractivity contribution in [2.45, 2.75) is 46.1 Å². The Morgan fingerprint density at radius 1 is 1.43 bits per heavy atom. The first-order valence-corrected chi connectivity index (χ1v) is 11.4. The number of halogens is 2. The molecule has 1 atom stereocenters. The third-order valence-corrected chi connectivity index (χ3v) is 6.43. The molecule has 0 aromatic carbocycles. The molecule has 3 rings (SSSR count). The lowest BCUT2D eigenvalue weighted by Gasteiger charge is -2.40. The van der Waals surface area contributed by atoms with Crippen molar-refractivity contribution in [1.82, 2.24) is 14.9 Å². The van der Waals surface area contributed by atoms with Crippen LogP contribution in [0.4, 0.5) is 20.1 Å². The van der Waals surface area contributed by atoms with Crippen LogP contribution >= 0.6 is 22.9 Å². The number of aromatic nitrogens is 2. The highest BCUT2D eigenvalue weighted by Crippen LogP contribution is 2.27. The highest BCUT2D eigenvalue weighted by Gasteiger charge is 2.29. The van der Waals surface area contributed by atoms with Gasteiger partial charge in [0.25, 0.3) is 0 Å². The molecule has 2 aromatic rings. The highest BCUT2D eigenvalue weighted by molar-refractivity contribution is 7.15. The van der Waals surface area contributed by atoms with Crippen molar-refractivity contribution in [3.05, 3.63) is 45.8 Å². The Hall–Kier alpha value is -2.19. The number of piperazine rings is 1. The van der Waals surface area contributed by atoms with Crippen LogP contribution in [-0.4, -0.2) is 46.6 Å². The maximum Gasteiger partial charge on any atom is 0.324 e. The number of amides is 2. The second-order valence-corrected chi connectivity index (χ2v) is 8.67. The van der Waals surface area contributed by atoms with Crippen LogP contribution in [-0.2, 0) is 12.8 Å². The molecule has 0 spiro atoms. The Balaban J connectivity index is 1.64. The van der Waals surface area contributed by atoms with Crippen LogP contribution in [0, 0.1) is 0 Å². The van der Waals surface area contributed by atoms with E-state index >= 15 is 0 Å². The lowest BCUT2D eigenvalue weighted by atomic mass is 10.2. The van der Waals surface area contributed by atoms with E-state index in [2.05, 4.69) is 20.2 Å². The van der Waals surface area contributed by atoms with Gasteiger partial charge in [0.1, 0.15) is 5.82 Å². The first-order valence-electron chi connectivity index (χ1n) is 10.2. The third kappa shape index (κ3) is 5.29. The molecule has 1 aliphatic heterocycles. The van der Waals surface area contributed by atoms with Gasteiger partial charge in [0.2, 0.25) is 0 Å². The zero-order chi connectivity index (χ0) is 21.7. The zero-order valence-corrected chi connectivity index (χ0v) is 19.1. The van der Waals surface area contributed by atoms with E-state index in [1.54, 1.807) is 30.2 Å². The topological polar surface area (TPSA) is 61.4 Å². The minimum Gasteiger partial charge on any atom is -0.352 e. The molecule has 1 saturated heterocycles. The summed E-state index contributed by atoms with van der Waals surface area (Å²) in [6, 6.07) is 3.44. The molecule has 30 heavy (non-hydrogen) atoms. The summed E-state index contributed by atoms with van der Waals surface area (Å²) in [6.45, 7) is 7.66. The highest BCUT2D eigenvalue weighted by atomic mass is 35.5. The van der Waals surface area contributed by atoms with Gasteiger partial charge in [0, 0.05) is 43.2 Å². The normalized spacial score (nSPS) is 17.4. The van der Waals surface area contributed by atoms with Crippen LogP contribution in [0.2, 0.25) is 5.02 Å². The molecule has 2 amide bonds. The predicted octanol–water partition coefficient (Wildman–Crippen LogP) is 5.30. The number of thiazole rings is 1. The van der Waals surface area contributed by atoms with E-state index in [0.29, 0.717) is 42.6 Å². The number of nitrogens with zero attached hydrogens (tertiary/aromatic N) is 4. The van der Waals surface area contributed by atoms with Crippen molar-refractivity contribution >= 4 is 39.9 Å². The van der Waals surface area contributed by atoms with E-state index in [4.69, 9.17) is 11.6 Å². The summed E-state index contributed by atoms with van der Waals surface area (Å²) < 4.78 is 13.5. The van der Waals surface area contributed by atoms with Gasteiger partial charge in [-0.05, 0) is 38.0 Å². The molecule has 2 aromatic heterocycles. The minimum absolute atomic E-state index is 0.0107. The van der Waals surface area contributed by atoms with Gasteiger partial charge in [-0.3, -0.25) is 5.32 Å². The second-order valence-electron chi connectivity index (χ2n) is 7.18. The number of carbonyl (C=O) groups excluding carboxylic acids is 1. The Morgan fingerprint density at radius 3 is 2.90 bits per heavy atom. The molecule has 6 nitrogen and oxygen atoms in total. The summed E-state index contributed by atoms with van der Waals surface area (Å²) in [6.07, 6.45) is 4.93. The maximum atomic E-state index is 13.5. The molecular weight excluding hydrogens is 425 g/mol. The standard InChI is InChI=1S/C21H27ClFN5OS/c1-4-15(23)8-9-18-17(5-2)25-20(30-18)26-21(29)28-12-11-27(13-14(28)3)19-16(22)7-6-10-24-19/h6-8,10,14H,4-5,9,11-13H2,1-3H3,(H,25,26,29)/b15-8+. The molecular formula is C21H27ClFN5OS. The Morgan fingerprint density at radius 2 is 2.23 bits per heavy atom. The van der Waals surface area contributed by atoms with E-state index in [9.17, 15) is 9.18 Å². The van der Waals surface area contributed by atoms with Crippen LogP contribution in [0.25, 0.3) is 0 Å². The summed E-state index contributed by atoms with van der Waals surface area (Å²) in [4.78, 5) is 26.6. The largest absolute Gasteiger partial charge is 0.352 e. The number of urea groups is 1. The van der Waals surface area contributed by atoms with Crippen molar-refractivity contribution < 1.29 is 9.18 Å². The molecule has 0 aliphatic carbocycles. The van der Waals surface area contributed by atoms with Gasteiger partial charge in [0.15, 0.2) is 5.13 Å². The smallest absolute Gasteiger partial charge is 0.324 e. The summed E-state index contributed by atoms with van der Waals surface area (Å²) in [5.74, 6) is 0.617. The van der Waals surface area contributed by atoms with Gasteiger partial charge in [-0.15, -0.1) is 11.3 Å². The maximum absolute atomic E-state index is 13.5. The number of aryl methyl sites for hydroxylation is 1. The first-order chi connectivity index (χ1) is 14.4. The fourth-order valence-electron chi connectivity index (χ4n) is 3.45. The average molecular weight is 452 g/mol. The van der Waals surface area contributed by atoms with Crippen molar-refractivity contribution in [3.8, 4) is 0 Å². The molecule has 162 valence electrons. The number of pyridine rings is 1. The monoisotopic (exact) mass is 451 g/mol. The van der Waals surface area contributed by atoms with Gasteiger partial charge < -0.3 is 9.80 Å². The number of hydrogen-bond donors (Lipinski definition) is 1. The van der Waals surface area contributed by atoms with E-state index in [0.717, 1.165) is 22.8 Å². The molecule has 1 N–H and O–H groups in total. The number of nitrogens with one attached hydrogen (secondary N) is 1. The van der Waals surface area contributed by atoms with Gasteiger partial charge in [-0.2, -0.15) is 0 Å². The number of allylic oxidation sites excluding steroid dienone is 2. The molecule has 3 heterocycles. The van der Waals surface area contributed by atoms with Crippen molar-refractivity contribution in [1.29, 1.82) is 0 Å². The van der Waals surface area contributed by atoms with Crippen LogP contribution in [0.1, 0.15) is 37.8 Å². The Bertz CT molecular complexity index is 919. The fourth-order valence-corrected chi connectivity index (χ4v) is 4.69. The molecule has 9 heteroatoms. The molecule has 0 radical (unpaired) electrons. The number of anilines is 2. The molecule has 0 bridgehead atoms. The number of carbonyl (C=O) groups is 1. The molecule has 1 fully saturated rings. The van der Waals surface area contributed by atoms with Gasteiger partial charge in [-0.25, -0.2) is 19.2 Å². The minimum atomic E-state index is -0.174. The zero-order valence-electron chi connectivity index (χ0n) is 17.5. The second kappa shape index (κ2) is 10.2. The quantitative estimate of drug-likeness (QED) is 0.647. The van der Waals surface area contributed by atoms with Crippen LogP contribution in [0.3, 0.4) is 0 Å². The number of hydrogen-bond acceptors (Lipinski definition) is 5. The van der Waals surface area contributed by atoms with E-state index in [1.807, 2.05) is 19.9 Å². The molecule has 0 saturated carbocycles. The van der Waals surface area contributed by atoms with Crippen LogP contribution in [0.15, 0.2) is 30.2 Å². The SMILES string of the molecule is CC/C(F)=C\Cc1sc(NC(=O)N2CCN(c3ncccc3Cl)CC2C)nc1CC. The molecule has 1 unspecified atom stereocenters. The van der Waals surface area contributed by atoms with Crippen molar-refractivity contribution in [2.75, 3.05) is 29.9 Å². The summed E-state index contributed by atoms with van der Waals surface area (Å²) in [7, 11) is 0. The fraction of sp³-hybridized carbons (Fsp3) is 0.476. The van der Waals surface area contributed by atoms with E-state index < -0.39 is 0 Å².